The van der Waals surface area contributed by atoms with Crippen LogP contribution in [0.5, 0.6) is 11.5 Å². The fourth-order valence-electron chi connectivity index (χ4n) is 3.48. The van der Waals surface area contributed by atoms with Crippen molar-refractivity contribution in [1.82, 2.24) is 4.90 Å². The van der Waals surface area contributed by atoms with Gasteiger partial charge in [0.25, 0.3) is 5.91 Å². The number of amides is 1. The number of carboxylic acid groups (broad SMARTS) is 1. The first-order valence-corrected chi connectivity index (χ1v) is 10.8. The van der Waals surface area contributed by atoms with Crippen LogP contribution in [0.3, 0.4) is 0 Å². The fourth-order valence-corrected chi connectivity index (χ4v) is 3.48. The van der Waals surface area contributed by atoms with Crippen LogP contribution in [0.1, 0.15) is 46.8 Å². The molecule has 0 aromatic heterocycles. The zero-order chi connectivity index (χ0) is 23.8. The van der Waals surface area contributed by atoms with Gasteiger partial charge in [-0.15, -0.1) is 0 Å². The summed E-state index contributed by atoms with van der Waals surface area (Å²) in [6.45, 7) is 4.79. The van der Waals surface area contributed by atoms with E-state index < -0.39 is 5.97 Å². The molecule has 1 N–H and O–H groups in total. The molecular formula is C27H29NO5. The summed E-state index contributed by atoms with van der Waals surface area (Å²) in [4.78, 5) is 26.5. The van der Waals surface area contributed by atoms with Crippen molar-refractivity contribution in [2.45, 2.75) is 32.9 Å². The van der Waals surface area contributed by atoms with Crippen LogP contribution in [-0.4, -0.2) is 35.6 Å². The molecule has 0 aliphatic carbocycles. The van der Waals surface area contributed by atoms with E-state index in [1.807, 2.05) is 42.5 Å². The summed E-state index contributed by atoms with van der Waals surface area (Å²) >= 11 is 0. The lowest BCUT2D eigenvalue weighted by atomic mass is 10.0. The van der Waals surface area contributed by atoms with Crippen molar-refractivity contribution in [2.24, 2.45) is 0 Å². The molecule has 1 amide bonds. The lowest BCUT2D eigenvalue weighted by Gasteiger charge is -2.24. The lowest BCUT2D eigenvalue weighted by molar-refractivity contribution is -0.134. The summed E-state index contributed by atoms with van der Waals surface area (Å²) in [6, 6.07) is 22.5. The number of para-hydroxylation sites is 1. The quantitative estimate of drug-likeness (QED) is 0.467. The predicted molar refractivity (Wildman–Crippen MR) is 127 cm³/mol. The number of benzene rings is 3. The monoisotopic (exact) mass is 447 g/mol. The van der Waals surface area contributed by atoms with E-state index in [1.54, 1.807) is 17.0 Å². The molecule has 0 atom stereocenters. The molecule has 0 fully saturated rings. The maximum absolute atomic E-state index is 13.2. The molecule has 6 nitrogen and oxygen atoms in total. The van der Waals surface area contributed by atoms with Crippen LogP contribution >= 0.6 is 0 Å². The predicted octanol–water partition coefficient (Wildman–Crippen LogP) is 5.12. The molecule has 3 aromatic rings. The molecule has 0 saturated heterocycles. The zero-order valence-electron chi connectivity index (χ0n) is 19.2. The van der Waals surface area contributed by atoms with Gasteiger partial charge in [0.2, 0.25) is 0 Å². The van der Waals surface area contributed by atoms with Gasteiger partial charge >= 0.3 is 5.97 Å². The third-order valence-corrected chi connectivity index (χ3v) is 5.36. The van der Waals surface area contributed by atoms with Crippen LogP contribution in [0.4, 0.5) is 0 Å². The average molecular weight is 448 g/mol. The molecule has 0 spiro atoms. The van der Waals surface area contributed by atoms with Gasteiger partial charge in [0.05, 0.1) is 7.11 Å². The first-order chi connectivity index (χ1) is 15.9. The second-order valence-electron chi connectivity index (χ2n) is 8.06. The number of ether oxygens (including phenoxy) is 2. The Labute approximate surface area is 194 Å². The normalized spacial score (nSPS) is 10.7. The number of rotatable bonds is 10. The molecule has 0 bridgehead atoms. The molecular weight excluding hydrogens is 418 g/mol. The first kappa shape index (κ1) is 23.9. The van der Waals surface area contributed by atoms with Crippen LogP contribution in [0.15, 0.2) is 72.8 Å². The van der Waals surface area contributed by atoms with Crippen LogP contribution in [-0.2, 0) is 17.9 Å². The number of carboxylic acids is 1. The number of aromatic carboxylic acids is 1. The number of hydrogen-bond donors (Lipinski definition) is 1. The molecule has 172 valence electrons. The molecule has 0 saturated carbocycles. The van der Waals surface area contributed by atoms with E-state index in [9.17, 15) is 14.7 Å². The maximum atomic E-state index is 13.2. The molecule has 0 aliphatic heterocycles. The molecule has 0 aliphatic rings. The molecule has 6 heteroatoms. The van der Waals surface area contributed by atoms with Crippen LogP contribution < -0.4 is 9.47 Å². The Bertz CT molecular complexity index is 1080. The Morgan fingerprint density at radius 1 is 0.879 bits per heavy atom. The van der Waals surface area contributed by atoms with Gasteiger partial charge in [-0.2, -0.15) is 0 Å². The van der Waals surface area contributed by atoms with E-state index in [1.165, 1.54) is 18.7 Å². The summed E-state index contributed by atoms with van der Waals surface area (Å²) < 4.78 is 10.9. The van der Waals surface area contributed by atoms with Crippen molar-refractivity contribution >= 4 is 11.9 Å². The molecule has 3 rings (SSSR count). The minimum atomic E-state index is -1.15. The summed E-state index contributed by atoms with van der Waals surface area (Å²) in [5.41, 5.74) is 3.18. The van der Waals surface area contributed by atoms with Crippen LogP contribution in [0.2, 0.25) is 0 Å². The highest BCUT2D eigenvalue weighted by Crippen LogP contribution is 2.31. The summed E-state index contributed by atoms with van der Waals surface area (Å²) in [7, 11) is 1.43. The van der Waals surface area contributed by atoms with E-state index in [4.69, 9.17) is 9.47 Å². The minimum Gasteiger partial charge on any atom is -0.493 e. The highest BCUT2D eigenvalue weighted by atomic mass is 16.5. The molecule has 0 unspecified atom stereocenters. The first-order valence-electron chi connectivity index (χ1n) is 10.8. The van der Waals surface area contributed by atoms with Crippen molar-refractivity contribution < 1.29 is 24.2 Å². The minimum absolute atomic E-state index is 0.0433. The van der Waals surface area contributed by atoms with E-state index in [0.717, 1.165) is 11.1 Å². The van der Waals surface area contributed by atoms with Gasteiger partial charge in [-0.25, -0.2) is 4.79 Å². The Morgan fingerprint density at radius 3 is 2.09 bits per heavy atom. The highest BCUT2D eigenvalue weighted by Gasteiger charge is 2.20. The maximum Gasteiger partial charge on any atom is 0.339 e. The van der Waals surface area contributed by atoms with Crippen molar-refractivity contribution in [1.29, 1.82) is 0 Å². The Hall–Kier alpha value is -3.80. The SMILES string of the molecule is COc1cccc(C(=O)O)c1OCC(=O)N(Cc1ccccc1)Cc1ccc(C(C)C)cc1. The van der Waals surface area contributed by atoms with Gasteiger partial charge in [-0.05, 0) is 34.7 Å². The third-order valence-electron chi connectivity index (χ3n) is 5.36. The standard InChI is InChI=1S/C27H29NO5/c1-19(2)22-14-12-21(13-15-22)17-28(16-20-8-5-4-6-9-20)25(29)18-33-26-23(27(30)31)10-7-11-24(26)32-3/h4-15,19H,16-18H2,1-3H3,(H,30,31). The molecule has 0 heterocycles. The van der Waals surface area contributed by atoms with Crippen LogP contribution in [0, 0.1) is 0 Å². The summed E-state index contributed by atoms with van der Waals surface area (Å²) in [5, 5.41) is 9.48. The summed E-state index contributed by atoms with van der Waals surface area (Å²) in [6.07, 6.45) is 0. The molecule has 0 radical (unpaired) electrons. The highest BCUT2D eigenvalue weighted by molar-refractivity contribution is 5.92. The second kappa shape index (κ2) is 11.2. The number of nitrogens with zero attached hydrogens (tertiary/aromatic N) is 1. The van der Waals surface area contributed by atoms with E-state index in [2.05, 4.69) is 26.0 Å². The summed E-state index contributed by atoms with van der Waals surface area (Å²) in [5.74, 6) is -0.668. The molecule has 33 heavy (non-hydrogen) atoms. The number of methoxy groups -OCH3 is 1. The number of hydrogen-bond acceptors (Lipinski definition) is 4. The van der Waals surface area contributed by atoms with Gasteiger partial charge in [0, 0.05) is 13.1 Å². The Balaban J connectivity index is 1.80. The van der Waals surface area contributed by atoms with Gasteiger partial charge in [-0.1, -0.05) is 74.5 Å². The zero-order valence-corrected chi connectivity index (χ0v) is 19.2. The topological polar surface area (TPSA) is 76.1 Å². The average Bonchev–Trinajstić information content (AvgIpc) is 2.82. The van der Waals surface area contributed by atoms with E-state index in [0.29, 0.717) is 19.0 Å². The van der Waals surface area contributed by atoms with Gasteiger partial charge in [-0.3, -0.25) is 4.79 Å². The Morgan fingerprint density at radius 2 is 1.52 bits per heavy atom. The second-order valence-corrected chi connectivity index (χ2v) is 8.06. The van der Waals surface area contributed by atoms with Gasteiger partial charge in [0.1, 0.15) is 5.56 Å². The van der Waals surface area contributed by atoms with E-state index in [-0.39, 0.29) is 29.6 Å². The lowest BCUT2D eigenvalue weighted by Crippen LogP contribution is -2.34. The van der Waals surface area contributed by atoms with Crippen molar-refractivity contribution in [3.63, 3.8) is 0 Å². The van der Waals surface area contributed by atoms with Crippen molar-refractivity contribution in [3.8, 4) is 11.5 Å². The number of carbonyl (C=O) groups is 2. The van der Waals surface area contributed by atoms with Crippen LogP contribution in [0.25, 0.3) is 0 Å². The van der Waals surface area contributed by atoms with Gasteiger partial charge < -0.3 is 19.5 Å². The van der Waals surface area contributed by atoms with Crippen molar-refractivity contribution in [2.75, 3.05) is 13.7 Å². The third kappa shape index (κ3) is 6.35. The molecule has 3 aromatic carbocycles. The van der Waals surface area contributed by atoms with E-state index >= 15 is 0 Å². The fraction of sp³-hybridized carbons (Fsp3) is 0.259. The Kier molecular flexibility index (Phi) is 8.08. The largest absolute Gasteiger partial charge is 0.493 e. The number of carbonyl (C=O) groups excluding carboxylic acids is 1. The van der Waals surface area contributed by atoms with Gasteiger partial charge in [0.15, 0.2) is 18.1 Å². The smallest absolute Gasteiger partial charge is 0.339 e. The van der Waals surface area contributed by atoms with Crippen molar-refractivity contribution in [3.05, 3.63) is 95.1 Å².